The lowest BCUT2D eigenvalue weighted by molar-refractivity contribution is 0.181. The van der Waals surface area contributed by atoms with E-state index in [-0.39, 0.29) is 0 Å². The van der Waals surface area contributed by atoms with E-state index < -0.39 is 0 Å². The average molecular weight is 252 g/mol. The van der Waals surface area contributed by atoms with Crippen LogP contribution in [0.3, 0.4) is 0 Å². The first kappa shape index (κ1) is 14.7. The average Bonchev–Trinajstić information content (AvgIpc) is 2.34. The molecule has 1 unspecified atom stereocenters. The number of hydrogen-bond donors (Lipinski definition) is 1. The highest BCUT2D eigenvalue weighted by Gasteiger charge is 2.16. The van der Waals surface area contributed by atoms with Crippen LogP contribution in [0, 0.1) is 6.92 Å². The highest BCUT2D eigenvalue weighted by atomic mass is 16.5. The van der Waals surface area contributed by atoms with Gasteiger partial charge in [-0.25, -0.2) is 4.98 Å². The Kier molecular flexibility index (Phi) is 5.85. The maximum absolute atomic E-state index is 5.22. The number of anilines is 2. The van der Waals surface area contributed by atoms with Crippen molar-refractivity contribution in [3.05, 3.63) is 11.8 Å². The van der Waals surface area contributed by atoms with Crippen molar-refractivity contribution in [2.24, 2.45) is 0 Å². The molecular weight excluding hydrogens is 228 g/mol. The van der Waals surface area contributed by atoms with Gasteiger partial charge in [0.25, 0.3) is 0 Å². The van der Waals surface area contributed by atoms with Crippen LogP contribution in [0.4, 0.5) is 11.8 Å². The van der Waals surface area contributed by atoms with Gasteiger partial charge in [0.05, 0.1) is 12.6 Å². The van der Waals surface area contributed by atoms with Crippen LogP contribution < -0.4 is 10.2 Å². The Bertz CT molecular complexity index is 370. The first-order valence-electron chi connectivity index (χ1n) is 6.47. The largest absolute Gasteiger partial charge is 0.383 e. The van der Waals surface area contributed by atoms with Crippen LogP contribution in [0.25, 0.3) is 0 Å². The van der Waals surface area contributed by atoms with Gasteiger partial charge in [0, 0.05) is 32.0 Å². The molecule has 0 fully saturated rings. The number of likely N-dealkylation sites (N-methyl/N-ethyl adjacent to an activating group) is 1. The Morgan fingerprint density at radius 2 is 2.17 bits per heavy atom. The topological polar surface area (TPSA) is 50.3 Å². The Morgan fingerprint density at radius 1 is 1.44 bits per heavy atom. The summed E-state index contributed by atoms with van der Waals surface area (Å²) in [4.78, 5) is 11.1. The van der Waals surface area contributed by atoms with Gasteiger partial charge in [-0.3, -0.25) is 0 Å². The van der Waals surface area contributed by atoms with Crippen molar-refractivity contribution in [1.82, 2.24) is 9.97 Å². The maximum Gasteiger partial charge on any atom is 0.224 e. The van der Waals surface area contributed by atoms with Crippen LogP contribution in [0.2, 0.25) is 0 Å². The number of nitrogens with zero attached hydrogens (tertiary/aromatic N) is 3. The second kappa shape index (κ2) is 7.16. The first-order chi connectivity index (χ1) is 8.63. The van der Waals surface area contributed by atoms with Crippen molar-refractivity contribution in [1.29, 1.82) is 0 Å². The monoisotopic (exact) mass is 252 g/mol. The van der Waals surface area contributed by atoms with E-state index >= 15 is 0 Å². The Hall–Kier alpha value is -1.36. The van der Waals surface area contributed by atoms with Crippen LogP contribution in [-0.4, -0.2) is 42.8 Å². The number of aromatic nitrogens is 2. The van der Waals surface area contributed by atoms with E-state index in [9.17, 15) is 0 Å². The van der Waals surface area contributed by atoms with Gasteiger partial charge in [-0.05, 0) is 27.7 Å². The van der Waals surface area contributed by atoms with E-state index in [4.69, 9.17) is 4.74 Å². The van der Waals surface area contributed by atoms with Gasteiger partial charge in [-0.15, -0.1) is 0 Å². The molecule has 102 valence electrons. The second-order valence-corrected chi connectivity index (χ2v) is 4.32. The molecule has 0 saturated heterocycles. The SMILES string of the molecule is CCNc1ncc(C)c(N(CC)C(C)COC)n1. The number of hydrogen-bond acceptors (Lipinski definition) is 5. The predicted molar refractivity (Wildman–Crippen MR) is 75.3 cm³/mol. The Morgan fingerprint density at radius 3 is 2.72 bits per heavy atom. The number of ether oxygens (including phenoxy) is 1. The van der Waals surface area contributed by atoms with Crippen molar-refractivity contribution in [3.63, 3.8) is 0 Å². The molecule has 1 N–H and O–H groups in total. The number of nitrogens with one attached hydrogen (secondary N) is 1. The van der Waals surface area contributed by atoms with E-state index in [1.54, 1.807) is 7.11 Å². The highest BCUT2D eigenvalue weighted by molar-refractivity contribution is 5.49. The minimum absolute atomic E-state index is 0.295. The van der Waals surface area contributed by atoms with E-state index in [0.717, 1.165) is 24.5 Å². The second-order valence-electron chi connectivity index (χ2n) is 4.32. The number of methoxy groups -OCH3 is 1. The summed E-state index contributed by atoms with van der Waals surface area (Å²) in [6, 6.07) is 0.295. The highest BCUT2D eigenvalue weighted by Crippen LogP contribution is 2.20. The van der Waals surface area contributed by atoms with Crippen molar-refractivity contribution < 1.29 is 4.74 Å². The Labute approximate surface area is 110 Å². The zero-order valence-electron chi connectivity index (χ0n) is 12.0. The molecule has 0 aliphatic carbocycles. The van der Waals surface area contributed by atoms with Crippen molar-refractivity contribution >= 4 is 11.8 Å². The fourth-order valence-corrected chi connectivity index (χ4v) is 1.97. The van der Waals surface area contributed by atoms with E-state index in [0.29, 0.717) is 18.6 Å². The minimum Gasteiger partial charge on any atom is -0.383 e. The fourth-order valence-electron chi connectivity index (χ4n) is 1.97. The molecular formula is C13H24N4O. The summed E-state index contributed by atoms with van der Waals surface area (Å²) >= 11 is 0. The molecule has 1 atom stereocenters. The molecule has 0 spiro atoms. The lowest BCUT2D eigenvalue weighted by Gasteiger charge is -2.29. The quantitative estimate of drug-likeness (QED) is 0.805. The molecule has 0 aromatic carbocycles. The van der Waals surface area contributed by atoms with E-state index in [1.807, 2.05) is 20.0 Å². The summed E-state index contributed by atoms with van der Waals surface area (Å²) in [5.74, 6) is 1.66. The molecule has 1 aromatic heterocycles. The lowest BCUT2D eigenvalue weighted by Crippen LogP contribution is -2.37. The van der Waals surface area contributed by atoms with Gasteiger partial charge in [-0.2, -0.15) is 4.98 Å². The van der Waals surface area contributed by atoms with Crippen LogP contribution in [-0.2, 0) is 4.74 Å². The van der Waals surface area contributed by atoms with E-state index in [1.165, 1.54) is 0 Å². The number of aryl methyl sites for hydroxylation is 1. The van der Waals surface area contributed by atoms with Crippen LogP contribution in [0.5, 0.6) is 0 Å². The molecule has 0 bridgehead atoms. The molecule has 1 rings (SSSR count). The van der Waals surface area contributed by atoms with Crippen LogP contribution in [0.1, 0.15) is 26.3 Å². The smallest absolute Gasteiger partial charge is 0.224 e. The maximum atomic E-state index is 5.22. The van der Waals surface area contributed by atoms with Gasteiger partial charge in [0.1, 0.15) is 5.82 Å². The zero-order valence-corrected chi connectivity index (χ0v) is 12.0. The van der Waals surface area contributed by atoms with E-state index in [2.05, 4.69) is 34.0 Å². The minimum atomic E-state index is 0.295. The molecule has 1 heterocycles. The van der Waals surface area contributed by atoms with Gasteiger partial charge in [-0.1, -0.05) is 0 Å². The summed E-state index contributed by atoms with van der Waals surface area (Å²) in [6.45, 7) is 10.7. The molecule has 0 aliphatic rings. The third kappa shape index (κ3) is 3.57. The predicted octanol–water partition coefficient (Wildman–Crippen LogP) is 2.08. The third-order valence-corrected chi connectivity index (χ3v) is 2.83. The molecule has 0 radical (unpaired) electrons. The van der Waals surface area contributed by atoms with Gasteiger partial charge >= 0.3 is 0 Å². The standard InChI is InChI=1S/C13H24N4O/c1-6-14-13-15-8-10(3)12(16-13)17(7-2)11(4)9-18-5/h8,11H,6-7,9H2,1-5H3,(H,14,15,16). The summed E-state index contributed by atoms with van der Waals surface area (Å²) in [5, 5.41) is 3.14. The molecule has 0 saturated carbocycles. The number of rotatable bonds is 7. The molecule has 0 amide bonds. The summed E-state index contributed by atoms with van der Waals surface area (Å²) in [7, 11) is 1.72. The van der Waals surface area contributed by atoms with Crippen molar-refractivity contribution in [3.8, 4) is 0 Å². The first-order valence-corrected chi connectivity index (χ1v) is 6.47. The summed E-state index contributed by atoms with van der Waals surface area (Å²) in [5.41, 5.74) is 1.08. The van der Waals surface area contributed by atoms with Gasteiger partial charge in [0.2, 0.25) is 5.95 Å². The normalized spacial score (nSPS) is 12.3. The van der Waals surface area contributed by atoms with Crippen LogP contribution in [0.15, 0.2) is 6.20 Å². The zero-order chi connectivity index (χ0) is 13.5. The van der Waals surface area contributed by atoms with Gasteiger partial charge < -0.3 is 15.0 Å². The molecule has 5 heteroatoms. The molecule has 18 heavy (non-hydrogen) atoms. The molecule has 0 aliphatic heterocycles. The lowest BCUT2D eigenvalue weighted by atomic mass is 10.2. The molecule has 5 nitrogen and oxygen atoms in total. The summed E-state index contributed by atoms with van der Waals surface area (Å²) in [6.07, 6.45) is 1.86. The van der Waals surface area contributed by atoms with Gasteiger partial charge in [0.15, 0.2) is 0 Å². The molecule has 1 aromatic rings. The summed E-state index contributed by atoms with van der Waals surface area (Å²) < 4.78 is 5.22. The van der Waals surface area contributed by atoms with Crippen LogP contribution >= 0.6 is 0 Å². The van der Waals surface area contributed by atoms with Crippen molar-refractivity contribution in [2.75, 3.05) is 37.0 Å². The Balaban J connectivity index is 2.99. The van der Waals surface area contributed by atoms with Crippen molar-refractivity contribution in [2.45, 2.75) is 33.7 Å². The fraction of sp³-hybridized carbons (Fsp3) is 0.692. The third-order valence-electron chi connectivity index (χ3n) is 2.83.